The molecule has 0 unspecified atom stereocenters. The van der Waals surface area contributed by atoms with E-state index in [1.54, 1.807) is 18.2 Å². The maximum atomic E-state index is 13.6. The lowest BCUT2D eigenvalue weighted by molar-refractivity contribution is 0.585. The van der Waals surface area contributed by atoms with E-state index in [9.17, 15) is 8.78 Å². The minimum atomic E-state index is -0.421. The van der Waals surface area contributed by atoms with E-state index in [-0.39, 0.29) is 10.8 Å². The van der Waals surface area contributed by atoms with E-state index in [2.05, 4.69) is 21.2 Å². The number of hydrogen-bond donors (Lipinski definition) is 1. The first-order valence-corrected chi connectivity index (χ1v) is 6.82. The largest absolute Gasteiger partial charge is 0.308 e. The van der Waals surface area contributed by atoms with Crippen LogP contribution in [0.2, 0.25) is 5.02 Å². The van der Waals surface area contributed by atoms with Crippen LogP contribution in [-0.4, -0.2) is 0 Å². The summed E-state index contributed by atoms with van der Waals surface area (Å²) in [4.78, 5) is 0. The fraction of sp³-hybridized carbons (Fsp3) is 0.143. The Morgan fingerprint density at radius 2 is 1.79 bits per heavy atom. The molecule has 0 saturated carbocycles. The van der Waals surface area contributed by atoms with Crippen molar-refractivity contribution in [1.29, 1.82) is 0 Å². The third-order valence-corrected chi connectivity index (χ3v) is 3.74. The normalized spacial score (nSPS) is 10.7. The van der Waals surface area contributed by atoms with Gasteiger partial charge in [0.2, 0.25) is 0 Å². The standard InChI is InChI=1S/C14H11BrClF2N/c15-12-5-4-11(17)6-10(12)8-19-7-9-2-1-3-13(16)14(9)18/h1-6,19H,7-8H2. The van der Waals surface area contributed by atoms with Crippen LogP contribution in [0.25, 0.3) is 0 Å². The molecule has 5 heteroatoms. The van der Waals surface area contributed by atoms with Crippen molar-refractivity contribution in [2.24, 2.45) is 0 Å². The van der Waals surface area contributed by atoms with Crippen LogP contribution in [0.15, 0.2) is 40.9 Å². The molecule has 0 aliphatic rings. The van der Waals surface area contributed by atoms with E-state index in [0.29, 0.717) is 18.7 Å². The molecule has 0 aliphatic heterocycles. The highest BCUT2D eigenvalue weighted by Crippen LogP contribution is 2.19. The van der Waals surface area contributed by atoms with Crippen LogP contribution in [-0.2, 0) is 13.1 Å². The molecule has 0 heterocycles. The van der Waals surface area contributed by atoms with Crippen LogP contribution in [0.5, 0.6) is 0 Å². The monoisotopic (exact) mass is 345 g/mol. The Kier molecular flexibility index (Phi) is 4.91. The lowest BCUT2D eigenvalue weighted by Crippen LogP contribution is -2.14. The molecular formula is C14H11BrClF2N. The van der Waals surface area contributed by atoms with E-state index >= 15 is 0 Å². The molecule has 2 aromatic rings. The van der Waals surface area contributed by atoms with Crippen LogP contribution < -0.4 is 5.32 Å². The molecule has 0 spiro atoms. The minimum absolute atomic E-state index is 0.103. The van der Waals surface area contributed by atoms with Crippen molar-refractivity contribution in [3.05, 3.63) is 68.7 Å². The second kappa shape index (κ2) is 6.46. The fourth-order valence-corrected chi connectivity index (χ4v) is 2.28. The lowest BCUT2D eigenvalue weighted by atomic mass is 10.2. The average molecular weight is 347 g/mol. The summed E-state index contributed by atoms with van der Waals surface area (Å²) in [6.07, 6.45) is 0. The summed E-state index contributed by atoms with van der Waals surface area (Å²) in [5.41, 5.74) is 1.27. The first-order valence-electron chi connectivity index (χ1n) is 5.65. The second-order valence-corrected chi connectivity index (χ2v) is 5.31. The maximum Gasteiger partial charge on any atom is 0.146 e. The van der Waals surface area contributed by atoms with Gasteiger partial charge in [0.15, 0.2) is 0 Å². The Labute approximate surface area is 123 Å². The Morgan fingerprint density at radius 3 is 2.58 bits per heavy atom. The predicted octanol–water partition coefficient (Wildman–Crippen LogP) is 4.67. The van der Waals surface area contributed by atoms with Crippen LogP contribution in [0, 0.1) is 11.6 Å². The zero-order chi connectivity index (χ0) is 13.8. The van der Waals surface area contributed by atoms with E-state index in [1.165, 1.54) is 18.2 Å². The number of nitrogens with one attached hydrogen (secondary N) is 1. The molecule has 100 valence electrons. The highest BCUT2D eigenvalue weighted by molar-refractivity contribution is 9.10. The Bertz CT molecular complexity index is 588. The van der Waals surface area contributed by atoms with Gasteiger partial charge in [0.05, 0.1) is 5.02 Å². The topological polar surface area (TPSA) is 12.0 Å². The molecule has 1 nitrogen and oxygen atoms in total. The van der Waals surface area contributed by atoms with Crippen molar-refractivity contribution in [2.45, 2.75) is 13.1 Å². The zero-order valence-electron chi connectivity index (χ0n) is 9.89. The summed E-state index contributed by atoms with van der Waals surface area (Å²) in [6.45, 7) is 0.764. The first kappa shape index (κ1) is 14.4. The number of rotatable bonds is 4. The van der Waals surface area contributed by atoms with Crippen LogP contribution in [0.4, 0.5) is 8.78 Å². The van der Waals surface area contributed by atoms with Crippen molar-refractivity contribution in [3.63, 3.8) is 0 Å². The summed E-state index contributed by atoms with van der Waals surface area (Å²) < 4.78 is 27.5. The summed E-state index contributed by atoms with van der Waals surface area (Å²) in [5.74, 6) is -0.719. The molecule has 2 rings (SSSR count). The predicted molar refractivity (Wildman–Crippen MR) is 76.1 cm³/mol. The number of hydrogen-bond acceptors (Lipinski definition) is 1. The van der Waals surface area contributed by atoms with E-state index in [0.717, 1.165) is 10.0 Å². The molecule has 2 aromatic carbocycles. The number of halogens is 4. The maximum absolute atomic E-state index is 13.6. The van der Waals surface area contributed by atoms with Crippen molar-refractivity contribution < 1.29 is 8.78 Å². The van der Waals surface area contributed by atoms with Crippen LogP contribution in [0.3, 0.4) is 0 Å². The van der Waals surface area contributed by atoms with Gasteiger partial charge >= 0.3 is 0 Å². The van der Waals surface area contributed by atoms with Gasteiger partial charge in [-0.1, -0.05) is 39.7 Å². The zero-order valence-corrected chi connectivity index (χ0v) is 12.2. The Hall–Kier alpha value is -0.970. The molecule has 0 fully saturated rings. The van der Waals surface area contributed by atoms with E-state index in [4.69, 9.17) is 11.6 Å². The molecule has 0 amide bonds. The third-order valence-electron chi connectivity index (χ3n) is 2.67. The van der Waals surface area contributed by atoms with Gasteiger partial charge in [-0.25, -0.2) is 8.78 Å². The van der Waals surface area contributed by atoms with Gasteiger partial charge in [-0.3, -0.25) is 0 Å². The molecule has 0 bridgehead atoms. The average Bonchev–Trinajstić information content (AvgIpc) is 2.38. The summed E-state index contributed by atoms with van der Waals surface area (Å²) >= 11 is 9.04. The van der Waals surface area contributed by atoms with Crippen LogP contribution >= 0.6 is 27.5 Å². The second-order valence-electron chi connectivity index (χ2n) is 4.05. The van der Waals surface area contributed by atoms with Crippen molar-refractivity contribution in [1.82, 2.24) is 5.32 Å². The van der Waals surface area contributed by atoms with Crippen molar-refractivity contribution in [3.8, 4) is 0 Å². The van der Waals surface area contributed by atoms with E-state index in [1.807, 2.05) is 0 Å². The van der Waals surface area contributed by atoms with Gasteiger partial charge < -0.3 is 5.32 Å². The quantitative estimate of drug-likeness (QED) is 0.848. The Balaban J connectivity index is 2.00. The van der Waals surface area contributed by atoms with Gasteiger partial charge in [-0.05, 0) is 29.8 Å². The fourth-order valence-electron chi connectivity index (χ4n) is 1.70. The minimum Gasteiger partial charge on any atom is -0.308 e. The molecule has 0 aromatic heterocycles. The molecule has 0 atom stereocenters. The third kappa shape index (κ3) is 3.75. The van der Waals surface area contributed by atoms with Gasteiger partial charge in [-0.15, -0.1) is 0 Å². The summed E-state index contributed by atoms with van der Waals surface area (Å²) in [6, 6.07) is 9.32. The van der Waals surface area contributed by atoms with E-state index < -0.39 is 5.82 Å². The SMILES string of the molecule is Fc1ccc(Br)c(CNCc2cccc(Cl)c2F)c1. The lowest BCUT2D eigenvalue weighted by Gasteiger charge is -2.08. The first-order chi connectivity index (χ1) is 9.08. The van der Waals surface area contributed by atoms with Gasteiger partial charge in [0.25, 0.3) is 0 Å². The van der Waals surface area contributed by atoms with Gasteiger partial charge in [0, 0.05) is 23.1 Å². The highest BCUT2D eigenvalue weighted by Gasteiger charge is 2.06. The summed E-state index contributed by atoms with van der Waals surface area (Å²) in [7, 11) is 0. The molecule has 19 heavy (non-hydrogen) atoms. The van der Waals surface area contributed by atoms with Gasteiger partial charge in [0.1, 0.15) is 11.6 Å². The molecule has 1 N–H and O–H groups in total. The van der Waals surface area contributed by atoms with Crippen LogP contribution in [0.1, 0.15) is 11.1 Å². The number of benzene rings is 2. The van der Waals surface area contributed by atoms with Crippen molar-refractivity contribution >= 4 is 27.5 Å². The smallest absolute Gasteiger partial charge is 0.146 e. The summed E-state index contributed by atoms with van der Waals surface area (Å²) in [5, 5.41) is 3.16. The molecule has 0 aliphatic carbocycles. The van der Waals surface area contributed by atoms with Gasteiger partial charge in [-0.2, -0.15) is 0 Å². The highest BCUT2D eigenvalue weighted by atomic mass is 79.9. The molecule has 0 saturated heterocycles. The molecule has 0 radical (unpaired) electrons. The molecular weight excluding hydrogens is 336 g/mol. The Morgan fingerprint density at radius 1 is 1.05 bits per heavy atom. The van der Waals surface area contributed by atoms with Crippen molar-refractivity contribution in [2.75, 3.05) is 0 Å².